The normalized spacial score (nSPS) is 10.4. The summed E-state index contributed by atoms with van der Waals surface area (Å²) in [6.45, 7) is 5.76. The number of nitrogens with zero attached hydrogens (tertiary/aromatic N) is 1. The van der Waals surface area contributed by atoms with Crippen LogP contribution >= 0.6 is 23.8 Å². The molecule has 5 heteroatoms. The van der Waals surface area contributed by atoms with Gasteiger partial charge in [0, 0.05) is 10.7 Å². The number of thiocarbonyl (C=S) groups is 1. The van der Waals surface area contributed by atoms with Gasteiger partial charge >= 0.3 is 0 Å². The predicted molar refractivity (Wildman–Crippen MR) is 85.9 cm³/mol. The summed E-state index contributed by atoms with van der Waals surface area (Å²) in [6.07, 6.45) is 0. The molecular weight excluding hydrogens is 292 g/mol. The van der Waals surface area contributed by atoms with Gasteiger partial charge in [-0.3, -0.25) is 0 Å². The van der Waals surface area contributed by atoms with Crippen molar-refractivity contribution >= 4 is 28.8 Å². The molecule has 0 aliphatic rings. The van der Waals surface area contributed by atoms with Crippen molar-refractivity contribution in [1.82, 2.24) is 4.98 Å². The molecule has 2 aromatic rings. The van der Waals surface area contributed by atoms with Crippen LogP contribution in [0.3, 0.4) is 0 Å². The average Bonchev–Trinajstić information content (AvgIpc) is 2.33. The molecule has 0 amide bonds. The first-order valence-corrected chi connectivity index (χ1v) is 6.89. The standard InChI is InChI=1S/C15H15ClN2OS/c1-8-6-11(16)7-9(2)13(8)19-15-12(14(17)20)5-4-10(3)18-15/h4-7H,1-3H3,(H2,17,20). The minimum absolute atomic E-state index is 0.261. The third-order valence-electron chi connectivity index (χ3n) is 2.89. The fraction of sp³-hybridized carbons (Fsp3) is 0.200. The number of hydrogen-bond acceptors (Lipinski definition) is 3. The van der Waals surface area contributed by atoms with Crippen molar-refractivity contribution in [2.75, 3.05) is 0 Å². The van der Waals surface area contributed by atoms with Crippen LogP contribution in [0, 0.1) is 20.8 Å². The van der Waals surface area contributed by atoms with Crippen molar-refractivity contribution in [3.05, 3.63) is 51.7 Å². The molecule has 0 spiro atoms. The summed E-state index contributed by atoms with van der Waals surface area (Å²) < 4.78 is 5.93. The zero-order valence-electron chi connectivity index (χ0n) is 11.5. The van der Waals surface area contributed by atoms with E-state index < -0.39 is 0 Å². The number of rotatable bonds is 3. The van der Waals surface area contributed by atoms with Crippen molar-refractivity contribution in [2.45, 2.75) is 20.8 Å². The van der Waals surface area contributed by atoms with Crippen molar-refractivity contribution < 1.29 is 4.74 Å². The number of aryl methyl sites for hydroxylation is 3. The van der Waals surface area contributed by atoms with Crippen LogP contribution in [-0.4, -0.2) is 9.97 Å². The van der Waals surface area contributed by atoms with Gasteiger partial charge in [0.25, 0.3) is 0 Å². The largest absolute Gasteiger partial charge is 0.438 e. The van der Waals surface area contributed by atoms with Gasteiger partial charge in [-0.15, -0.1) is 0 Å². The van der Waals surface area contributed by atoms with Crippen LogP contribution in [-0.2, 0) is 0 Å². The second kappa shape index (κ2) is 5.77. The molecule has 104 valence electrons. The molecule has 0 atom stereocenters. The van der Waals surface area contributed by atoms with Crippen LogP contribution in [0.1, 0.15) is 22.4 Å². The Labute approximate surface area is 128 Å². The maximum absolute atomic E-state index is 6.02. The van der Waals surface area contributed by atoms with Gasteiger partial charge in [-0.25, -0.2) is 4.98 Å². The lowest BCUT2D eigenvalue weighted by Crippen LogP contribution is -2.12. The van der Waals surface area contributed by atoms with Gasteiger partial charge in [-0.2, -0.15) is 0 Å². The Hall–Kier alpha value is -1.65. The number of halogens is 1. The summed E-state index contributed by atoms with van der Waals surface area (Å²) >= 11 is 11.1. The monoisotopic (exact) mass is 306 g/mol. The maximum Gasteiger partial charge on any atom is 0.229 e. The molecule has 0 aliphatic heterocycles. The molecule has 0 aliphatic carbocycles. The lowest BCUT2D eigenvalue weighted by Gasteiger charge is -2.14. The maximum atomic E-state index is 6.02. The Kier molecular flexibility index (Phi) is 4.26. The third-order valence-corrected chi connectivity index (χ3v) is 3.33. The van der Waals surface area contributed by atoms with Crippen molar-refractivity contribution in [3.8, 4) is 11.6 Å². The fourth-order valence-corrected chi connectivity index (χ4v) is 2.44. The molecule has 3 nitrogen and oxygen atoms in total. The molecule has 2 rings (SSSR count). The van der Waals surface area contributed by atoms with E-state index in [1.807, 2.05) is 45.0 Å². The number of pyridine rings is 1. The van der Waals surface area contributed by atoms with Gasteiger partial charge in [0.1, 0.15) is 10.7 Å². The Morgan fingerprint density at radius 2 is 1.80 bits per heavy atom. The van der Waals surface area contributed by atoms with E-state index in [2.05, 4.69) is 4.98 Å². The summed E-state index contributed by atoms with van der Waals surface area (Å²) in [7, 11) is 0. The van der Waals surface area contributed by atoms with Gasteiger partial charge in [0.15, 0.2) is 0 Å². The molecule has 20 heavy (non-hydrogen) atoms. The Balaban J connectivity index is 2.50. The van der Waals surface area contributed by atoms with Gasteiger partial charge in [0.2, 0.25) is 5.88 Å². The Bertz CT molecular complexity index is 663. The second-order valence-corrected chi connectivity index (χ2v) is 5.52. The second-order valence-electron chi connectivity index (χ2n) is 4.64. The van der Waals surface area contributed by atoms with E-state index in [1.165, 1.54) is 0 Å². The summed E-state index contributed by atoms with van der Waals surface area (Å²) in [4.78, 5) is 4.63. The lowest BCUT2D eigenvalue weighted by atomic mass is 10.1. The van der Waals surface area contributed by atoms with Crippen LogP contribution in [0.25, 0.3) is 0 Å². The highest BCUT2D eigenvalue weighted by molar-refractivity contribution is 7.80. The fourth-order valence-electron chi connectivity index (χ4n) is 1.95. The highest BCUT2D eigenvalue weighted by atomic mass is 35.5. The zero-order chi connectivity index (χ0) is 14.9. The molecule has 0 saturated carbocycles. The smallest absolute Gasteiger partial charge is 0.229 e. The van der Waals surface area contributed by atoms with E-state index in [4.69, 9.17) is 34.3 Å². The zero-order valence-corrected chi connectivity index (χ0v) is 13.1. The van der Waals surface area contributed by atoms with E-state index >= 15 is 0 Å². The van der Waals surface area contributed by atoms with Crippen LogP contribution in [0.4, 0.5) is 0 Å². The van der Waals surface area contributed by atoms with Crippen LogP contribution < -0.4 is 10.5 Å². The Morgan fingerprint density at radius 1 is 1.20 bits per heavy atom. The molecule has 0 bridgehead atoms. The minimum atomic E-state index is 0.261. The number of nitrogens with two attached hydrogens (primary N) is 1. The van der Waals surface area contributed by atoms with Crippen molar-refractivity contribution in [1.29, 1.82) is 0 Å². The number of benzene rings is 1. The summed E-state index contributed by atoms with van der Waals surface area (Å²) in [5.74, 6) is 1.15. The van der Waals surface area contributed by atoms with Gasteiger partial charge in [0.05, 0.1) is 5.56 Å². The quantitative estimate of drug-likeness (QED) is 0.868. The van der Waals surface area contributed by atoms with E-state index in [0.717, 1.165) is 22.6 Å². The van der Waals surface area contributed by atoms with Crippen LogP contribution in [0.2, 0.25) is 5.02 Å². The molecule has 2 N–H and O–H groups in total. The number of hydrogen-bond donors (Lipinski definition) is 1. The molecule has 0 radical (unpaired) electrons. The van der Waals surface area contributed by atoms with Gasteiger partial charge in [-0.05, 0) is 56.2 Å². The minimum Gasteiger partial charge on any atom is -0.438 e. The van der Waals surface area contributed by atoms with Gasteiger partial charge in [-0.1, -0.05) is 23.8 Å². The SMILES string of the molecule is Cc1ccc(C(N)=S)c(Oc2c(C)cc(Cl)cc2C)n1. The third kappa shape index (κ3) is 3.08. The topological polar surface area (TPSA) is 48.1 Å². The predicted octanol–water partition coefficient (Wildman–Crippen LogP) is 4.09. The van der Waals surface area contributed by atoms with E-state index in [0.29, 0.717) is 16.5 Å². The number of aromatic nitrogens is 1. The molecule has 0 unspecified atom stereocenters. The molecule has 0 fully saturated rings. The molecule has 0 saturated heterocycles. The summed E-state index contributed by atoms with van der Waals surface area (Å²) in [5.41, 5.74) is 9.04. The van der Waals surface area contributed by atoms with E-state index in [-0.39, 0.29) is 4.99 Å². The molecule has 1 heterocycles. The first-order valence-electron chi connectivity index (χ1n) is 6.10. The first kappa shape index (κ1) is 14.8. The van der Waals surface area contributed by atoms with E-state index in [1.54, 1.807) is 0 Å². The number of ether oxygens (including phenoxy) is 1. The highest BCUT2D eigenvalue weighted by Gasteiger charge is 2.13. The molecular formula is C15H15ClN2OS. The van der Waals surface area contributed by atoms with Crippen molar-refractivity contribution in [3.63, 3.8) is 0 Å². The highest BCUT2D eigenvalue weighted by Crippen LogP contribution is 2.32. The molecule has 1 aromatic heterocycles. The van der Waals surface area contributed by atoms with E-state index in [9.17, 15) is 0 Å². The first-order chi connectivity index (χ1) is 9.38. The molecule has 1 aromatic carbocycles. The summed E-state index contributed by atoms with van der Waals surface area (Å²) in [5, 5.41) is 0.680. The van der Waals surface area contributed by atoms with Gasteiger partial charge < -0.3 is 10.5 Å². The Morgan fingerprint density at radius 3 is 2.35 bits per heavy atom. The van der Waals surface area contributed by atoms with Crippen molar-refractivity contribution in [2.24, 2.45) is 5.73 Å². The van der Waals surface area contributed by atoms with Crippen LogP contribution in [0.15, 0.2) is 24.3 Å². The summed E-state index contributed by atoms with van der Waals surface area (Å²) in [6, 6.07) is 7.36. The average molecular weight is 307 g/mol. The van der Waals surface area contributed by atoms with Crippen LogP contribution in [0.5, 0.6) is 11.6 Å². The lowest BCUT2D eigenvalue weighted by molar-refractivity contribution is 0.454.